The number of nitrogens with one attached hydrogen (secondary N) is 2. The molecule has 4 rings (SSSR count). The second kappa shape index (κ2) is 13.2. The minimum atomic E-state index is -3.99. The van der Waals surface area contributed by atoms with Gasteiger partial charge in [-0.2, -0.15) is 0 Å². The average molecular weight is 552 g/mol. The summed E-state index contributed by atoms with van der Waals surface area (Å²) in [4.78, 5) is 26.1. The van der Waals surface area contributed by atoms with Gasteiger partial charge in [0.2, 0.25) is 5.91 Å². The molecule has 3 aromatic carbocycles. The Morgan fingerprint density at radius 1 is 1.05 bits per heavy atom. The smallest absolute Gasteiger partial charge is 0.324 e. The summed E-state index contributed by atoms with van der Waals surface area (Å²) < 4.78 is 33.7. The topological polar surface area (TPSA) is 128 Å². The minimum absolute atomic E-state index is 0.0826. The van der Waals surface area contributed by atoms with Gasteiger partial charge >= 0.3 is 5.97 Å². The van der Waals surface area contributed by atoms with Crippen LogP contribution < -0.4 is 16.4 Å². The zero-order chi connectivity index (χ0) is 27.8. The van der Waals surface area contributed by atoms with Gasteiger partial charge in [-0.05, 0) is 60.2 Å². The zero-order valence-corrected chi connectivity index (χ0v) is 23.0. The maximum Gasteiger partial charge on any atom is 0.324 e. The van der Waals surface area contributed by atoms with Crippen molar-refractivity contribution in [2.24, 2.45) is 11.7 Å². The number of carbonyl (C=O) groups excluding carboxylic acids is 2. The van der Waals surface area contributed by atoms with Crippen LogP contribution in [0.2, 0.25) is 0 Å². The van der Waals surface area contributed by atoms with E-state index in [1.807, 2.05) is 61.5 Å². The summed E-state index contributed by atoms with van der Waals surface area (Å²) in [6.07, 6.45) is 2.37. The summed E-state index contributed by atoms with van der Waals surface area (Å²) in [5.74, 6) is -1.46. The first-order chi connectivity index (χ1) is 18.8. The Bertz CT molecular complexity index is 1380. The Balaban J connectivity index is 1.57. The number of amides is 1. The Labute approximate surface area is 230 Å². The summed E-state index contributed by atoms with van der Waals surface area (Å²) >= 11 is 0. The number of piperidine rings is 1. The van der Waals surface area contributed by atoms with Crippen molar-refractivity contribution >= 4 is 32.5 Å². The van der Waals surface area contributed by atoms with Gasteiger partial charge < -0.3 is 21.1 Å². The molecule has 0 aliphatic carbocycles. The maximum absolute atomic E-state index is 14.1. The molecule has 4 atom stereocenters. The molecule has 3 unspecified atom stereocenters. The second-order valence-corrected chi connectivity index (χ2v) is 12.2. The Morgan fingerprint density at radius 2 is 1.77 bits per heavy atom. The van der Waals surface area contributed by atoms with Crippen molar-refractivity contribution in [3.8, 4) is 0 Å². The van der Waals surface area contributed by atoms with Gasteiger partial charge in [-0.25, -0.2) is 8.42 Å². The summed E-state index contributed by atoms with van der Waals surface area (Å²) in [6, 6.07) is 20.2. The molecule has 3 aromatic rings. The number of benzene rings is 3. The van der Waals surface area contributed by atoms with Crippen LogP contribution in [0.15, 0.2) is 77.7 Å². The molecular weight excluding hydrogens is 514 g/mol. The number of fused-ring (bicyclic) bond motifs is 1. The molecule has 39 heavy (non-hydrogen) atoms. The van der Waals surface area contributed by atoms with Gasteiger partial charge in [-0.15, -0.1) is 0 Å². The number of esters is 1. The third-order valence-corrected chi connectivity index (χ3v) is 9.53. The lowest BCUT2D eigenvalue weighted by molar-refractivity contribution is -0.147. The highest BCUT2D eigenvalue weighted by molar-refractivity contribution is 7.92. The van der Waals surface area contributed by atoms with Crippen LogP contribution in [0.4, 0.5) is 0 Å². The van der Waals surface area contributed by atoms with E-state index in [2.05, 4.69) is 10.6 Å². The van der Waals surface area contributed by atoms with Crippen LogP contribution in [0, 0.1) is 5.92 Å². The Hall–Kier alpha value is -3.27. The predicted molar refractivity (Wildman–Crippen MR) is 152 cm³/mol. The number of hydrogen-bond acceptors (Lipinski definition) is 7. The van der Waals surface area contributed by atoms with Gasteiger partial charge in [-0.1, -0.05) is 74.0 Å². The predicted octanol–water partition coefficient (Wildman–Crippen LogP) is 2.99. The number of unbranched alkanes of at least 4 members (excludes halogenated alkanes) is 1. The van der Waals surface area contributed by atoms with E-state index in [4.69, 9.17) is 10.5 Å². The summed E-state index contributed by atoms with van der Waals surface area (Å²) in [5, 5.41) is 6.55. The van der Waals surface area contributed by atoms with Crippen LogP contribution in [0.1, 0.15) is 31.7 Å². The molecule has 0 radical (unpaired) electrons. The van der Waals surface area contributed by atoms with E-state index < -0.39 is 39.1 Å². The van der Waals surface area contributed by atoms with Gasteiger partial charge in [0.25, 0.3) is 0 Å². The quantitative estimate of drug-likeness (QED) is 0.247. The molecule has 1 aliphatic rings. The normalized spacial score (nSPS) is 20.3. The molecule has 208 valence electrons. The van der Waals surface area contributed by atoms with Gasteiger partial charge in [0, 0.05) is 6.54 Å². The van der Waals surface area contributed by atoms with Crippen LogP contribution in [0.3, 0.4) is 0 Å². The molecule has 8 nitrogen and oxygen atoms in total. The van der Waals surface area contributed by atoms with Crippen molar-refractivity contribution < 1.29 is 22.7 Å². The van der Waals surface area contributed by atoms with Crippen LogP contribution in [0.25, 0.3) is 10.8 Å². The number of carbonyl (C=O) groups is 2. The molecule has 0 bridgehead atoms. The zero-order valence-electron chi connectivity index (χ0n) is 22.2. The molecule has 1 amide bonds. The van der Waals surface area contributed by atoms with Gasteiger partial charge in [0.1, 0.15) is 6.04 Å². The molecule has 0 saturated carbocycles. The Morgan fingerprint density at radius 3 is 2.51 bits per heavy atom. The van der Waals surface area contributed by atoms with Crippen LogP contribution >= 0.6 is 0 Å². The molecule has 4 N–H and O–H groups in total. The molecule has 1 aliphatic heterocycles. The van der Waals surface area contributed by atoms with Crippen molar-refractivity contribution in [1.29, 1.82) is 0 Å². The highest BCUT2D eigenvalue weighted by Gasteiger charge is 2.47. The molecule has 9 heteroatoms. The van der Waals surface area contributed by atoms with E-state index in [1.54, 1.807) is 18.2 Å². The van der Waals surface area contributed by atoms with Gasteiger partial charge in [-0.3, -0.25) is 9.59 Å². The van der Waals surface area contributed by atoms with Crippen LogP contribution in [-0.4, -0.2) is 57.3 Å². The van der Waals surface area contributed by atoms with E-state index in [1.165, 1.54) is 0 Å². The number of rotatable bonds is 11. The molecule has 0 spiro atoms. The van der Waals surface area contributed by atoms with E-state index in [-0.39, 0.29) is 24.0 Å². The Kier molecular flexibility index (Phi) is 9.72. The molecule has 1 saturated heterocycles. The van der Waals surface area contributed by atoms with Gasteiger partial charge in [0.15, 0.2) is 9.84 Å². The monoisotopic (exact) mass is 551 g/mol. The van der Waals surface area contributed by atoms with E-state index in [0.717, 1.165) is 22.8 Å². The van der Waals surface area contributed by atoms with Crippen molar-refractivity contribution in [3.05, 3.63) is 78.4 Å². The summed E-state index contributed by atoms with van der Waals surface area (Å²) in [7, 11) is -3.99. The standard InChI is InChI=1S/C30H37N3O5S/c1-2-3-17-38-30(35)27-28(39(36,37)25-14-13-22-11-7-8-12-23(22)19-25)24(15-16-32-27)20-33-29(34)26(31)18-21-9-5-4-6-10-21/h4-14,19,24,26-28,32H,2-3,15-18,20,31H2,1H3,(H,33,34)/t24?,26-,27?,28?/m0/s1. The van der Waals surface area contributed by atoms with E-state index >= 15 is 0 Å². The minimum Gasteiger partial charge on any atom is -0.464 e. The van der Waals surface area contributed by atoms with Crippen LogP contribution in [-0.2, 0) is 30.6 Å². The van der Waals surface area contributed by atoms with Crippen molar-refractivity contribution in [3.63, 3.8) is 0 Å². The molecular formula is C30H37N3O5S. The average Bonchev–Trinajstić information content (AvgIpc) is 2.95. The third-order valence-electron chi connectivity index (χ3n) is 7.25. The van der Waals surface area contributed by atoms with E-state index in [9.17, 15) is 18.0 Å². The number of hydrogen-bond donors (Lipinski definition) is 3. The molecule has 1 fully saturated rings. The van der Waals surface area contributed by atoms with Crippen LogP contribution in [0.5, 0.6) is 0 Å². The highest BCUT2D eigenvalue weighted by atomic mass is 32.2. The van der Waals surface area contributed by atoms with Crippen molar-refractivity contribution in [2.45, 2.75) is 54.8 Å². The molecule has 1 heterocycles. The maximum atomic E-state index is 14.1. The first-order valence-electron chi connectivity index (χ1n) is 13.5. The van der Waals surface area contributed by atoms with Crippen molar-refractivity contribution in [2.75, 3.05) is 19.7 Å². The molecule has 0 aromatic heterocycles. The lowest BCUT2D eigenvalue weighted by Gasteiger charge is -2.37. The number of nitrogens with two attached hydrogens (primary N) is 1. The highest BCUT2D eigenvalue weighted by Crippen LogP contribution is 2.31. The number of sulfone groups is 1. The first-order valence-corrected chi connectivity index (χ1v) is 15.1. The fraction of sp³-hybridized carbons (Fsp3) is 0.400. The third kappa shape index (κ3) is 7.03. The lowest BCUT2D eigenvalue weighted by Crippen LogP contribution is -2.60. The summed E-state index contributed by atoms with van der Waals surface area (Å²) in [5.41, 5.74) is 7.09. The fourth-order valence-corrected chi connectivity index (χ4v) is 7.24. The number of ether oxygens (including phenoxy) is 1. The summed E-state index contributed by atoms with van der Waals surface area (Å²) in [6.45, 7) is 2.72. The van der Waals surface area contributed by atoms with E-state index in [0.29, 0.717) is 25.8 Å². The fourth-order valence-electron chi connectivity index (χ4n) is 5.08. The van der Waals surface area contributed by atoms with Gasteiger partial charge in [0.05, 0.1) is 22.8 Å². The largest absolute Gasteiger partial charge is 0.464 e. The second-order valence-electron chi connectivity index (χ2n) is 10.1. The lowest BCUT2D eigenvalue weighted by atomic mass is 9.91. The SMILES string of the molecule is CCCCOC(=O)C1NCCC(CNC(=O)[C@@H](N)Cc2ccccc2)C1S(=O)(=O)c1ccc2ccccc2c1. The van der Waals surface area contributed by atoms with Crippen molar-refractivity contribution in [1.82, 2.24) is 10.6 Å². The first kappa shape index (κ1) is 28.7.